The molecule has 0 radical (unpaired) electrons. The summed E-state index contributed by atoms with van der Waals surface area (Å²) in [6.07, 6.45) is -0.552. The van der Waals surface area contributed by atoms with Gasteiger partial charge < -0.3 is 14.8 Å². The zero-order valence-corrected chi connectivity index (χ0v) is 15.4. The van der Waals surface area contributed by atoms with Gasteiger partial charge in [0.25, 0.3) is 5.91 Å². The maximum Gasteiger partial charge on any atom is 0.313 e. The van der Waals surface area contributed by atoms with E-state index in [9.17, 15) is 9.59 Å². The van der Waals surface area contributed by atoms with E-state index in [1.54, 1.807) is 29.6 Å². The van der Waals surface area contributed by atoms with Crippen molar-refractivity contribution in [2.24, 2.45) is 5.92 Å². The van der Waals surface area contributed by atoms with Crippen molar-refractivity contribution >= 4 is 39.8 Å². The second kappa shape index (κ2) is 7.77. The molecular formula is C18H15ClN2O4S. The Kier molecular flexibility index (Phi) is 5.45. The van der Waals surface area contributed by atoms with Crippen LogP contribution in [-0.2, 0) is 20.7 Å². The number of benzene rings is 1. The molecule has 0 saturated carbocycles. The van der Waals surface area contributed by atoms with Crippen molar-refractivity contribution < 1.29 is 19.1 Å². The fourth-order valence-corrected chi connectivity index (χ4v) is 3.48. The fraction of sp³-hybridized carbons (Fsp3) is 0.278. The average molecular weight is 391 g/mol. The number of hydrogen-bond acceptors (Lipinski definition) is 6. The number of esters is 1. The van der Waals surface area contributed by atoms with Crippen LogP contribution in [0.4, 0.5) is 5.00 Å². The van der Waals surface area contributed by atoms with Gasteiger partial charge in [0.15, 0.2) is 6.10 Å². The molecule has 1 aliphatic heterocycles. The van der Waals surface area contributed by atoms with E-state index < -0.39 is 23.9 Å². The van der Waals surface area contributed by atoms with E-state index in [1.807, 2.05) is 6.07 Å². The summed E-state index contributed by atoms with van der Waals surface area (Å²) in [5, 5.41) is 14.3. The summed E-state index contributed by atoms with van der Waals surface area (Å²) in [6.45, 7) is 1.67. The van der Waals surface area contributed by atoms with E-state index in [0.29, 0.717) is 27.8 Å². The second-order valence-corrected chi connectivity index (χ2v) is 7.16. The van der Waals surface area contributed by atoms with Gasteiger partial charge in [0.05, 0.1) is 11.5 Å². The Morgan fingerprint density at radius 3 is 3.04 bits per heavy atom. The zero-order valence-electron chi connectivity index (χ0n) is 13.8. The lowest BCUT2D eigenvalue weighted by molar-refractivity contribution is -0.158. The van der Waals surface area contributed by atoms with Gasteiger partial charge >= 0.3 is 5.97 Å². The monoisotopic (exact) mass is 390 g/mol. The molecule has 1 aromatic carbocycles. The summed E-state index contributed by atoms with van der Waals surface area (Å²) >= 11 is 7.21. The smallest absolute Gasteiger partial charge is 0.313 e. The Morgan fingerprint density at radius 1 is 1.46 bits per heavy atom. The van der Waals surface area contributed by atoms with E-state index in [0.717, 1.165) is 5.56 Å². The van der Waals surface area contributed by atoms with Gasteiger partial charge in [-0.3, -0.25) is 9.59 Å². The van der Waals surface area contributed by atoms with Gasteiger partial charge in [-0.25, -0.2) is 0 Å². The van der Waals surface area contributed by atoms with Crippen molar-refractivity contribution in [3.05, 3.63) is 45.8 Å². The molecule has 0 fully saturated rings. The predicted molar refractivity (Wildman–Crippen MR) is 97.4 cm³/mol. The van der Waals surface area contributed by atoms with Gasteiger partial charge in [0.1, 0.15) is 23.4 Å². The van der Waals surface area contributed by atoms with E-state index in [2.05, 4.69) is 5.32 Å². The van der Waals surface area contributed by atoms with Gasteiger partial charge in [0.2, 0.25) is 0 Å². The van der Waals surface area contributed by atoms with Crippen LogP contribution < -0.4 is 10.1 Å². The van der Waals surface area contributed by atoms with Crippen LogP contribution >= 0.6 is 22.9 Å². The lowest BCUT2D eigenvalue weighted by Gasteiger charge is -2.25. The highest BCUT2D eigenvalue weighted by Crippen LogP contribution is 2.30. The summed E-state index contributed by atoms with van der Waals surface area (Å²) in [6, 6.07) is 8.85. The number of hydrogen-bond donors (Lipinski definition) is 1. The number of ether oxygens (including phenoxy) is 2. The standard InChI is InChI=1S/C18H15ClN2O4S/c1-10(16(22)21-17-11(8-20)4-5-26-17)25-18(23)13-6-12-7-14(19)2-3-15(12)24-9-13/h2-5,7,10,13H,6,9H2,1H3,(H,21,22). The number of fused-ring (bicyclic) bond motifs is 1. The molecule has 1 amide bonds. The molecule has 0 bridgehead atoms. The Hall–Kier alpha value is -2.56. The van der Waals surface area contributed by atoms with Crippen LogP contribution in [0.25, 0.3) is 0 Å². The molecule has 6 nitrogen and oxygen atoms in total. The van der Waals surface area contributed by atoms with Gasteiger partial charge in [-0.15, -0.1) is 11.3 Å². The molecule has 134 valence electrons. The minimum absolute atomic E-state index is 0.186. The zero-order chi connectivity index (χ0) is 18.7. The van der Waals surface area contributed by atoms with Crippen LogP contribution in [0.3, 0.4) is 0 Å². The maximum atomic E-state index is 12.4. The Bertz CT molecular complexity index is 890. The number of halogens is 1. The quantitative estimate of drug-likeness (QED) is 0.808. The van der Waals surface area contributed by atoms with Crippen molar-refractivity contribution in [1.82, 2.24) is 0 Å². The molecule has 8 heteroatoms. The van der Waals surface area contributed by atoms with Crippen LogP contribution in [0.1, 0.15) is 18.1 Å². The highest BCUT2D eigenvalue weighted by Gasteiger charge is 2.30. The Morgan fingerprint density at radius 2 is 2.27 bits per heavy atom. The minimum Gasteiger partial charge on any atom is -0.492 e. The maximum absolute atomic E-state index is 12.4. The SMILES string of the molecule is CC(OC(=O)C1COc2ccc(Cl)cc2C1)C(=O)Nc1sccc1C#N. The van der Waals surface area contributed by atoms with Gasteiger partial charge in [0, 0.05) is 5.02 Å². The van der Waals surface area contributed by atoms with E-state index in [-0.39, 0.29) is 6.61 Å². The first-order valence-electron chi connectivity index (χ1n) is 7.88. The summed E-state index contributed by atoms with van der Waals surface area (Å²) in [4.78, 5) is 24.6. The molecule has 2 aromatic rings. The fourth-order valence-electron chi connectivity index (χ4n) is 2.55. The van der Waals surface area contributed by atoms with Crippen LogP contribution in [0, 0.1) is 17.2 Å². The number of anilines is 1. The van der Waals surface area contributed by atoms with Gasteiger partial charge in [-0.2, -0.15) is 5.26 Å². The summed E-state index contributed by atoms with van der Waals surface area (Å²) in [5.74, 6) is -0.805. The number of carbonyl (C=O) groups is 2. The van der Waals surface area contributed by atoms with Crippen molar-refractivity contribution in [3.63, 3.8) is 0 Å². The van der Waals surface area contributed by atoms with E-state index >= 15 is 0 Å². The van der Waals surface area contributed by atoms with E-state index in [4.69, 9.17) is 26.3 Å². The molecule has 2 unspecified atom stereocenters. The summed E-state index contributed by atoms with van der Waals surface area (Å²) in [7, 11) is 0. The highest BCUT2D eigenvalue weighted by molar-refractivity contribution is 7.14. The summed E-state index contributed by atoms with van der Waals surface area (Å²) in [5.41, 5.74) is 1.20. The lowest BCUT2D eigenvalue weighted by Crippen LogP contribution is -2.36. The highest BCUT2D eigenvalue weighted by atomic mass is 35.5. The minimum atomic E-state index is -0.989. The molecule has 2 atom stereocenters. The largest absolute Gasteiger partial charge is 0.492 e. The normalized spacial score (nSPS) is 16.6. The van der Waals surface area contributed by atoms with Crippen LogP contribution in [-0.4, -0.2) is 24.6 Å². The number of nitriles is 1. The topological polar surface area (TPSA) is 88.4 Å². The van der Waals surface area contributed by atoms with Crippen LogP contribution in [0.5, 0.6) is 5.75 Å². The number of rotatable bonds is 4. The number of amides is 1. The third-order valence-electron chi connectivity index (χ3n) is 3.95. The number of thiophene rings is 1. The van der Waals surface area contributed by atoms with Crippen molar-refractivity contribution in [2.45, 2.75) is 19.4 Å². The molecule has 1 aliphatic rings. The molecule has 26 heavy (non-hydrogen) atoms. The van der Waals surface area contributed by atoms with Crippen molar-refractivity contribution in [2.75, 3.05) is 11.9 Å². The predicted octanol–water partition coefficient (Wildman–Crippen LogP) is 3.39. The Balaban J connectivity index is 1.59. The first kappa shape index (κ1) is 18.2. The van der Waals surface area contributed by atoms with Crippen LogP contribution in [0.15, 0.2) is 29.6 Å². The average Bonchev–Trinajstić information content (AvgIpc) is 3.07. The molecule has 0 spiro atoms. The molecule has 1 N–H and O–H groups in total. The van der Waals surface area contributed by atoms with Crippen molar-refractivity contribution in [3.8, 4) is 11.8 Å². The molecule has 1 aromatic heterocycles. The molecule has 0 aliphatic carbocycles. The van der Waals surface area contributed by atoms with Crippen LogP contribution in [0.2, 0.25) is 5.02 Å². The third kappa shape index (κ3) is 3.98. The molecule has 0 saturated heterocycles. The molecular weight excluding hydrogens is 376 g/mol. The number of nitrogens with one attached hydrogen (secondary N) is 1. The number of carbonyl (C=O) groups excluding carboxylic acids is 2. The molecule has 3 rings (SSSR count). The first-order valence-corrected chi connectivity index (χ1v) is 9.14. The van der Waals surface area contributed by atoms with Gasteiger partial charge in [-0.1, -0.05) is 11.6 Å². The lowest BCUT2D eigenvalue weighted by atomic mass is 9.97. The number of nitrogens with zero attached hydrogens (tertiary/aromatic N) is 1. The second-order valence-electron chi connectivity index (χ2n) is 5.81. The Labute approximate surface area is 159 Å². The first-order chi connectivity index (χ1) is 12.5. The van der Waals surface area contributed by atoms with E-state index in [1.165, 1.54) is 18.3 Å². The third-order valence-corrected chi connectivity index (χ3v) is 5.01. The van der Waals surface area contributed by atoms with Gasteiger partial charge in [-0.05, 0) is 48.6 Å². The molecule has 2 heterocycles. The van der Waals surface area contributed by atoms with Crippen molar-refractivity contribution in [1.29, 1.82) is 5.26 Å². The summed E-state index contributed by atoms with van der Waals surface area (Å²) < 4.78 is 10.9.